The number of rotatable bonds is 3. The van der Waals surface area contributed by atoms with Crippen molar-refractivity contribution in [2.24, 2.45) is 0 Å². The predicted molar refractivity (Wildman–Crippen MR) is 72.6 cm³/mol. The minimum atomic E-state index is 0.345. The number of nitrogens with zero attached hydrogens (tertiary/aromatic N) is 1. The summed E-state index contributed by atoms with van der Waals surface area (Å²) in [4.78, 5) is 2.65. The SMILES string of the molecule is Oc1ccc(CNC2CCN3CCCCC23)cc1. The molecule has 0 saturated carbocycles. The highest BCUT2D eigenvalue weighted by Gasteiger charge is 2.34. The van der Waals surface area contributed by atoms with Crippen LogP contribution in [0.5, 0.6) is 5.75 Å². The molecule has 3 rings (SSSR count). The van der Waals surface area contributed by atoms with Crippen LogP contribution in [0.3, 0.4) is 0 Å². The number of hydrogen-bond donors (Lipinski definition) is 2. The summed E-state index contributed by atoms with van der Waals surface area (Å²) in [5, 5.41) is 13.0. The Morgan fingerprint density at radius 3 is 2.78 bits per heavy atom. The number of phenolic OH excluding ortho intramolecular Hbond substituents is 1. The quantitative estimate of drug-likeness (QED) is 0.857. The molecule has 2 unspecified atom stereocenters. The van der Waals surface area contributed by atoms with Gasteiger partial charge in [-0.1, -0.05) is 18.6 Å². The first kappa shape index (κ1) is 12.0. The van der Waals surface area contributed by atoms with E-state index in [-0.39, 0.29) is 0 Å². The molecular formula is C15H22N2O. The Morgan fingerprint density at radius 1 is 1.11 bits per heavy atom. The molecule has 1 aromatic rings. The number of fused-ring (bicyclic) bond motifs is 1. The summed E-state index contributed by atoms with van der Waals surface area (Å²) in [5.74, 6) is 0.345. The van der Waals surface area contributed by atoms with E-state index in [1.54, 1.807) is 12.1 Å². The monoisotopic (exact) mass is 246 g/mol. The van der Waals surface area contributed by atoms with Gasteiger partial charge in [0.25, 0.3) is 0 Å². The molecule has 98 valence electrons. The van der Waals surface area contributed by atoms with Crippen molar-refractivity contribution < 1.29 is 5.11 Å². The molecule has 0 aromatic heterocycles. The van der Waals surface area contributed by atoms with E-state index in [1.807, 2.05) is 12.1 Å². The lowest BCUT2D eigenvalue weighted by molar-refractivity contribution is 0.180. The van der Waals surface area contributed by atoms with Gasteiger partial charge in [-0.25, -0.2) is 0 Å². The van der Waals surface area contributed by atoms with Crippen molar-refractivity contribution in [1.29, 1.82) is 0 Å². The fourth-order valence-electron chi connectivity index (χ4n) is 3.35. The average Bonchev–Trinajstić information content (AvgIpc) is 2.82. The van der Waals surface area contributed by atoms with Crippen molar-refractivity contribution in [3.05, 3.63) is 29.8 Å². The smallest absolute Gasteiger partial charge is 0.115 e. The van der Waals surface area contributed by atoms with Crippen molar-refractivity contribution in [3.8, 4) is 5.75 Å². The molecule has 2 aliphatic rings. The van der Waals surface area contributed by atoms with Gasteiger partial charge in [-0.2, -0.15) is 0 Å². The Balaban J connectivity index is 1.55. The number of aromatic hydroxyl groups is 1. The zero-order chi connectivity index (χ0) is 12.4. The third-order valence-electron chi connectivity index (χ3n) is 4.36. The highest BCUT2D eigenvalue weighted by molar-refractivity contribution is 5.25. The van der Waals surface area contributed by atoms with Gasteiger partial charge < -0.3 is 10.4 Å². The summed E-state index contributed by atoms with van der Waals surface area (Å²) in [6.45, 7) is 3.47. The first-order valence-corrected chi connectivity index (χ1v) is 7.08. The van der Waals surface area contributed by atoms with Gasteiger partial charge in [0.2, 0.25) is 0 Å². The Bertz CT molecular complexity index is 390. The van der Waals surface area contributed by atoms with E-state index >= 15 is 0 Å². The van der Waals surface area contributed by atoms with E-state index in [4.69, 9.17) is 0 Å². The molecule has 0 radical (unpaired) electrons. The molecule has 3 nitrogen and oxygen atoms in total. The van der Waals surface area contributed by atoms with Gasteiger partial charge in [-0.05, 0) is 43.5 Å². The first-order chi connectivity index (χ1) is 8.83. The second-order valence-electron chi connectivity index (χ2n) is 5.54. The van der Waals surface area contributed by atoms with Crippen molar-refractivity contribution in [3.63, 3.8) is 0 Å². The number of benzene rings is 1. The van der Waals surface area contributed by atoms with Gasteiger partial charge in [0, 0.05) is 25.2 Å². The Morgan fingerprint density at radius 2 is 1.94 bits per heavy atom. The summed E-state index contributed by atoms with van der Waals surface area (Å²) in [6.07, 6.45) is 5.40. The van der Waals surface area contributed by atoms with Gasteiger partial charge in [0.15, 0.2) is 0 Å². The zero-order valence-corrected chi connectivity index (χ0v) is 10.8. The van der Waals surface area contributed by atoms with E-state index in [9.17, 15) is 5.11 Å². The normalized spacial score (nSPS) is 28.2. The van der Waals surface area contributed by atoms with Crippen LogP contribution in [0.15, 0.2) is 24.3 Å². The molecule has 0 bridgehead atoms. The van der Waals surface area contributed by atoms with Crippen molar-refractivity contribution in [1.82, 2.24) is 10.2 Å². The third-order valence-corrected chi connectivity index (χ3v) is 4.36. The molecular weight excluding hydrogens is 224 g/mol. The maximum absolute atomic E-state index is 9.26. The molecule has 2 heterocycles. The van der Waals surface area contributed by atoms with E-state index < -0.39 is 0 Å². The third kappa shape index (κ3) is 2.52. The van der Waals surface area contributed by atoms with E-state index in [2.05, 4.69) is 10.2 Å². The second-order valence-corrected chi connectivity index (χ2v) is 5.54. The largest absolute Gasteiger partial charge is 0.508 e. The Kier molecular flexibility index (Phi) is 3.52. The zero-order valence-electron chi connectivity index (χ0n) is 10.8. The van der Waals surface area contributed by atoms with Gasteiger partial charge in [-0.3, -0.25) is 4.90 Å². The summed E-state index contributed by atoms with van der Waals surface area (Å²) in [5.41, 5.74) is 1.25. The molecule has 0 spiro atoms. The number of hydrogen-bond acceptors (Lipinski definition) is 3. The minimum Gasteiger partial charge on any atom is -0.508 e. The van der Waals surface area contributed by atoms with E-state index in [0.717, 1.165) is 12.6 Å². The summed E-state index contributed by atoms with van der Waals surface area (Å²) < 4.78 is 0. The lowest BCUT2D eigenvalue weighted by Gasteiger charge is -2.32. The molecule has 0 aliphatic carbocycles. The van der Waals surface area contributed by atoms with Gasteiger partial charge in [-0.15, -0.1) is 0 Å². The first-order valence-electron chi connectivity index (χ1n) is 7.08. The summed E-state index contributed by atoms with van der Waals surface area (Å²) in [7, 11) is 0. The molecule has 2 aliphatic heterocycles. The fraction of sp³-hybridized carbons (Fsp3) is 0.600. The molecule has 2 saturated heterocycles. The summed E-state index contributed by atoms with van der Waals surface area (Å²) >= 11 is 0. The van der Waals surface area contributed by atoms with Gasteiger partial charge in [0.1, 0.15) is 5.75 Å². The molecule has 1 aromatic carbocycles. The minimum absolute atomic E-state index is 0.345. The molecule has 2 N–H and O–H groups in total. The molecule has 18 heavy (non-hydrogen) atoms. The second kappa shape index (κ2) is 5.29. The van der Waals surface area contributed by atoms with Crippen LogP contribution in [-0.4, -0.2) is 35.2 Å². The average molecular weight is 246 g/mol. The van der Waals surface area contributed by atoms with Crippen molar-refractivity contribution in [2.45, 2.75) is 44.3 Å². The highest BCUT2D eigenvalue weighted by atomic mass is 16.3. The number of nitrogens with one attached hydrogen (secondary N) is 1. The van der Waals surface area contributed by atoms with E-state index in [0.29, 0.717) is 11.8 Å². The van der Waals surface area contributed by atoms with Crippen LogP contribution in [-0.2, 0) is 6.54 Å². The molecule has 0 amide bonds. The molecule has 3 heteroatoms. The van der Waals surface area contributed by atoms with Crippen LogP contribution < -0.4 is 5.32 Å². The fourth-order valence-corrected chi connectivity index (χ4v) is 3.35. The predicted octanol–water partition coefficient (Wildman–Crippen LogP) is 2.11. The maximum atomic E-state index is 9.26. The standard InChI is InChI=1S/C15H22N2O/c18-13-6-4-12(5-7-13)11-16-14-8-10-17-9-2-1-3-15(14)17/h4-7,14-16,18H,1-3,8-11H2. The van der Waals surface area contributed by atoms with Crippen LogP contribution in [0.1, 0.15) is 31.2 Å². The Labute approximate surface area is 109 Å². The molecule has 2 fully saturated rings. The number of piperidine rings is 1. The van der Waals surface area contributed by atoms with Crippen LogP contribution in [0.2, 0.25) is 0 Å². The van der Waals surface area contributed by atoms with E-state index in [1.165, 1.54) is 44.3 Å². The van der Waals surface area contributed by atoms with Gasteiger partial charge in [0.05, 0.1) is 0 Å². The molecule has 2 atom stereocenters. The van der Waals surface area contributed by atoms with Crippen LogP contribution in [0.25, 0.3) is 0 Å². The number of phenols is 1. The van der Waals surface area contributed by atoms with Gasteiger partial charge >= 0.3 is 0 Å². The van der Waals surface area contributed by atoms with Crippen molar-refractivity contribution >= 4 is 0 Å². The Hall–Kier alpha value is -1.06. The topological polar surface area (TPSA) is 35.5 Å². The van der Waals surface area contributed by atoms with Crippen LogP contribution in [0, 0.1) is 0 Å². The summed E-state index contributed by atoms with van der Waals surface area (Å²) in [6, 6.07) is 8.93. The van der Waals surface area contributed by atoms with Crippen molar-refractivity contribution in [2.75, 3.05) is 13.1 Å². The maximum Gasteiger partial charge on any atom is 0.115 e. The lowest BCUT2D eigenvalue weighted by atomic mass is 9.99. The van der Waals surface area contributed by atoms with Crippen LogP contribution >= 0.6 is 0 Å². The lowest BCUT2D eigenvalue weighted by Crippen LogP contribution is -2.44. The van der Waals surface area contributed by atoms with Crippen LogP contribution in [0.4, 0.5) is 0 Å². The highest BCUT2D eigenvalue weighted by Crippen LogP contribution is 2.27.